The van der Waals surface area contributed by atoms with Crippen molar-refractivity contribution in [3.05, 3.63) is 64.1 Å². The molecule has 130 valence electrons. The van der Waals surface area contributed by atoms with E-state index in [9.17, 15) is 9.59 Å². The zero-order valence-electron chi connectivity index (χ0n) is 15.3. The van der Waals surface area contributed by atoms with Crippen LogP contribution in [-0.4, -0.2) is 15.0 Å². The molecule has 0 saturated carbocycles. The fraction of sp³-hybridized carbons (Fsp3) is 0.300. The number of nitrogens with zero attached hydrogens (tertiary/aromatic N) is 2. The van der Waals surface area contributed by atoms with Crippen LogP contribution in [0.25, 0.3) is 11.0 Å². The van der Waals surface area contributed by atoms with Crippen LogP contribution in [0.4, 0.5) is 5.69 Å². The number of rotatable bonds is 2. The van der Waals surface area contributed by atoms with E-state index < -0.39 is 0 Å². The lowest BCUT2D eigenvalue weighted by Crippen LogP contribution is -2.19. The van der Waals surface area contributed by atoms with Gasteiger partial charge in [-0.1, -0.05) is 32.9 Å². The van der Waals surface area contributed by atoms with Crippen molar-refractivity contribution >= 4 is 22.6 Å². The number of fused-ring (bicyclic) bond motifs is 1. The van der Waals surface area contributed by atoms with Crippen LogP contribution < -0.4 is 11.0 Å². The van der Waals surface area contributed by atoms with E-state index in [0.29, 0.717) is 11.3 Å². The third-order valence-electron chi connectivity index (χ3n) is 4.54. The second-order valence-corrected chi connectivity index (χ2v) is 7.39. The Labute approximate surface area is 146 Å². The molecule has 5 heteroatoms. The molecule has 3 rings (SSSR count). The predicted molar refractivity (Wildman–Crippen MR) is 101 cm³/mol. The van der Waals surface area contributed by atoms with Gasteiger partial charge in [0.05, 0.1) is 11.0 Å². The quantitative estimate of drug-likeness (QED) is 0.779. The predicted octanol–water partition coefficient (Wildman–Crippen LogP) is 3.43. The van der Waals surface area contributed by atoms with Gasteiger partial charge in [0.2, 0.25) is 0 Å². The molecule has 1 N–H and O–H groups in total. The Kier molecular flexibility index (Phi) is 4.03. The van der Waals surface area contributed by atoms with E-state index in [1.807, 2.05) is 42.5 Å². The van der Waals surface area contributed by atoms with Crippen molar-refractivity contribution in [1.82, 2.24) is 9.13 Å². The van der Waals surface area contributed by atoms with Crippen molar-refractivity contribution in [3.63, 3.8) is 0 Å². The molecule has 0 aliphatic heterocycles. The molecule has 2 aromatic carbocycles. The molecule has 1 heterocycles. The normalized spacial score (nSPS) is 11.7. The van der Waals surface area contributed by atoms with Crippen LogP contribution in [-0.2, 0) is 19.5 Å². The lowest BCUT2D eigenvalue weighted by atomic mass is 9.87. The minimum absolute atomic E-state index is 0.0537. The number of imidazole rings is 1. The van der Waals surface area contributed by atoms with Crippen molar-refractivity contribution in [2.45, 2.75) is 26.2 Å². The summed E-state index contributed by atoms with van der Waals surface area (Å²) < 4.78 is 3.16. The van der Waals surface area contributed by atoms with Gasteiger partial charge in [-0.2, -0.15) is 0 Å². The Bertz CT molecular complexity index is 1000. The van der Waals surface area contributed by atoms with E-state index in [-0.39, 0.29) is 17.0 Å². The maximum absolute atomic E-state index is 12.5. The number of nitrogens with one attached hydrogen (secondary N) is 1. The molecule has 0 atom stereocenters. The first kappa shape index (κ1) is 17.0. The SMILES string of the molecule is Cn1c(=O)n(C)c2cc(NC(=O)c3ccc(C(C)(C)C)cc3)ccc21. The van der Waals surface area contributed by atoms with Gasteiger partial charge in [-0.05, 0) is 41.3 Å². The number of carbonyl (C=O) groups excluding carboxylic acids is 1. The lowest BCUT2D eigenvalue weighted by molar-refractivity contribution is 0.102. The molecule has 1 aromatic heterocycles. The van der Waals surface area contributed by atoms with Gasteiger partial charge in [0.25, 0.3) is 5.91 Å². The topological polar surface area (TPSA) is 56.0 Å². The molecular formula is C20H23N3O2. The van der Waals surface area contributed by atoms with Crippen molar-refractivity contribution in [3.8, 4) is 0 Å². The van der Waals surface area contributed by atoms with Crippen LogP contribution in [0.5, 0.6) is 0 Å². The van der Waals surface area contributed by atoms with Gasteiger partial charge in [0, 0.05) is 25.3 Å². The Morgan fingerprint density at radius 2 is 1.52 bits per heavy atom. The summed E-state index contributed by atoms with van der Waals surface area (Å²) in [6.07, 6.45) is 0. The largest absolute Gasteiger partial charge is 0.328 e. The van der Waals surface area contributed by atoms with Crippen molar-refractivity contribution < 1.29 is 4.79 Å². The fourth-order valence-electron chi connectivity index (χ4n) is 2.91. The molecule has 3 aromatic rings. The molecule has 5 nitrogen and oxygen atoms in total. The minimum Gasteiger partial charge on any atom is -0.322 e. The summed E-state index contributed by atoms with van der Waals surface area (Å²) in [5.41, 5.74) is 4.04. The molecule has 0 unspecified atom stereocenters. The second kappa shape index (κ2) is 5.92. The summed E-state index contributed by atoms with van der Waals surface area (Å²) in [5.74, 6) is -0.166. The summed E-state index contributed by atoms with van der Waals surface area (Å²) >= 11 is 0. The summed E-state index contributed by atoms with van der Waals surface area (Å²) in [6, 6.07) is 13.1. The molecule has 0 radical (unpaired) electrons. The van der Waals surface area contributed by atoms with Crippen LogP contribution >= 0.6 is 0 Å². The molecular weight excluding hydrogens is 314 g/mol. The number of hydrogen-bond acceptors (Lipinski definition) is 2. The molecule has 0 spiro atoms. The number of anilines is 1. The third-order valence-corrected chi connectivity index (χ3v) is 4.54. The summed E-state index contributed by atoms with van der Waals surface area (Å²) in [5, 5.41) is 2.90. The minimum atomic E-state index is -0.166. The standard InChI is InChI=1S/C20H23N3O2/c1-20(2,3)14-8-6-13(7-9-14)18(24)21-15-10-11-16-17(12-15)23(5)19(25)22(16)4/h6-12H,1-5H3,(H,21,24). The number of aromatic nitrogens is 2. The Morgan fingerprint density at radius 1 is 0.920 bits per heavy atom. The summed E-state index contributed by atoms with van der Waals surface area (Å²) in [6.45, 7) is 6.42. The van der Waals surface area contributed by atoms with E-state index in [0.717, 1.165) is 11.0 Å². The fourth-order valence-corrected chi connectivity index (χ4v) is 2.91. The number of hydrogen-bond donors (Lipinski definition) is 1. The van der Waals surface area contributed by atoms with E-state index in [1.54, 1.807) is 23.2 Å². The van der Waals surface area contributed by atoms with Crippen LogP contribution in [0.1, 0.15) is 36.7 Å². The highest BCUT2D eigenvalue weighted by atomic mass is 16.2. The summed E-state index contributed by atoms with van der Waals surface area (Å²) in [7, 11) is 3.46. The average Bonchev–Trinajstić information content (AvgIpc) is 2.78. The summed E-state index contributed by atoms with van der Waals surface area (Å²) in [4.78, 5) is 24.5. The first-order chi connectivity index (χ1) is 11.7. The van der Waals surface area contributed by atoms with Crippen molar-refractivity contribution in [1.29, 1.82) is 0 Å². The number of amides is 1. The molecule has 25 heavy (non-hydrogen) atoms. The lowest BCUT2D eigenvalue weighted by Gasteiger charge is -2.19. The maximum Gasteiger partial charge on any atom is 0.328 e. The molecule has 0 fully saturated rings. The highest BCUT2D eigenvalue weighted by Gasteiger charge is 2.15. The van der Waals surface area contributed by atoms with Crippen molar-refractivity contribution in [2.24, 2.45) is 14.1 Å². The van der Waals surface area contributed by atoms with Gasteiger partial charge in [-0.15, -0.1) is 0 Å². The van der Waals surface area contributed by atoms with Gasteiger partial charge < -0.3 is 5.32 Å². The zero-order valence-corrected chi connectivity index (χ0v) is 15.3. The van der Waals surface area contributed by atoms with Crippen LogP contribution in [0.3, 0.4) is 0 Å². The number of benzene rings is 2. The smallest absolute Gasteiger partial charge is 0.322 e. The first-order valence-electron chi connectivity index (χ1n) is 8.26. The Morgan fingerprint density at radius 3 is 2.12 bits per heavy atom. The highest BCUT2D eigenvalue weighted by Crippen LogP contribution is 2.23. The third kappa shape index (κ3) is 3.09. The van der Waals surface area contributed by atoms with Crippen molar-refractivity contribution in [2.75, 3.05) is 5.32 Å². The van der Waals surface area contributed by atoms with Crippen LogP contribution in [0.2, 0.25) is 0 Å². The molecule has 1 amide bonds. The second-order valence-electron chi connectivity index (χ2n) is 7.39. The number of aryl methyl sites for hydroxylation is 2. The average molecular weight is 337 g/mol. The van der Waals surface area contributed by atoms with E-state index in [4.69, 9.17) is 0 Å². The molecule has 0 aliphatic carbocycles. The van der Waals surface area contributed by atoms with E-state index in [1.165, 1.54) is 5.56 Å². The Hall–Kier alpha value is -2.82. The molecule has 0 saturated heterocycles. The monoisotopic (exact) mass is 337 g/mol. The van der Waals surface area contributed by atoms with Gasteiger partial charge >= 0.3 is 5.69 Å². The van der Waals surface area contributed by atoms with Crippen LogP contribution in [0, 0.1) is 0 Å². The van der Waals surface area contributed by atoms with E-state index >= 15 is 0 Å². The first-order valence-corrected chi connectivity index (χ1v) is 8.26. The maximum atomic E-state index is 12.5. The van der Waals surface area contributed by atoms with Crippen LogP contribution in [0.15, 0.2) is 47.3 Å². The molecule has 0 bridgehead atoms. The number of carbonyl (C=O) groups is 1. The van der Waals surface area contributed by atoms with Gasteiger partial charge in [-0.3, -0.25) is 13.9 Å². The van der Waals surface area contributed by atoms with Gasteiger partial charge in [0.1, 0.15) is 0 Å². The highest BCUT2D eigenvalue weighted by molar-refractivity contribution is 6.05. The van der Waals surface area contributed by atoms with Gasteiger partial charge in [0.15, 0.2) is 0 Å². The zero-order chi connectivity index (χ0) is 18.4. The van der Waals surface area contributed by atoms with E-state index in [2.05, 4.69) is 26.1 Å². The van der Waals surface area contributed by atoms with Gasteiger partial charge in [-0.25, -0.2) is 4.79 Å². The molecule has 0 aliphatic rings. The Balaban J connectivity index is 1.87.